The number of nitrogens with zero attached hydrogens (tertiary/aromatic N) is 3. The van der Waals surface area contributed by atoms with E-state index in [1.807, 2.05) is 36.7 Å². The first kappa shape index (κ1) is 37.4. The first-order valence-electron chi connectivity index (χ1n) is 18.5. The van der Waals surface area contributed by atoms with Gasteiger partial charge in [0, 0.05) is 41.3 Å². The maximum absolute atomic E-state index is 14.0. The van der Waals surface area contributed by atoms with Crippen LogP contribution in [0.4, 0.5) is 10.1 Å². The molecule has 276 valence electrons. The number of rotatable bonds is 13. The molecule has 0 radical (unpaired) electrons. The van der Waals surface area contributed by atoms with E-state index in [1.165, 1.54) is 80.4 Å². The summed E-state index contributed by atoms with van der Waals surface area (Å²) in [7, 11) is 1.37. The molecule has 1 saturated carbocycles. The molecule has 53 heavy (non-hydrogen) atoms. The van der Waals surface area contributed by atoms with Gasteiger partial charge in [0.05, 0.1) is 13.5 Å². The Labute approximate surface area is 310 Å². The van der Waals surface area contributed by atoms with Gasteiger partial charge in [0.1, 0.15) is 6.54 Å². The van der Waals surface area contributed by atoms with E-state index in [-0.39, 0.29) is 30.2 Å². The van der Waals surface area contributed by atoms with Gasteiger partial charge >= 0.3 is 5.97 Å². The van der Waals surface area contributed by atoms with Crippen molar-refractivity contribution in [2.24, 2.45) is 17.8 Å². The van der Waals surface area contributed by atoms with E-state index >= 15 is 0 Å². The van der Waals surface area contributed by atoms with Crippen LogP contribution in [-0.2, 0) is 22.6 Å². The van der Waals surface area contributed by atoms with Crippen molar-refractivity contribution in [1.29, 1.82) is 0 Å². The molecule has 1 aromatic heterocycles. The van der Waals surface area contributed by atoms with Crippen LogP contribution < -0.4 is 10.1 Å². The van der Waals surface area contributed by atoms with E-state index in [0.29, 0.717) is 17.1 Å². The zero-order valence-corrected chi connectivity index (χ0v) is 30.4. The van der Waals surface area contributed by atoms with Crippen molar-refractivity contribution in [2.45, 2.75) is 71.3 Å². The number of anilines is 1. The smallest absolute Gasteiger partial charge is 0.323 e. The number of hydrogen-bond acceptors (Lipinski definition) is 6. The maximum Gasteiger partial charge on any atom is 0.323 e. The number of aromatic nitrogens is 2. The van der Waals surface area contributed by atoms with E-state index in [4.69, 9.17) is 4.74 Å². The van der Waals surface area contributed by atoms with Crippen molar-refractivity contribution in [3.05, 3.63) is 113 Å². The molecule has 2 amide bonds. The number of carbonyl (C=O) groups is 3. The van der Waals surface area contributed by atoms with Crippen LogP contribution in [0, 0.1) is 23.6 Å². The minimum Gasteiger partial charge on any atom is -0.494 e. The van der Waals surface area contributed by atoms with Gasteiger partial charge in [-0.3, -0.25) is 14.4 Å². The standard InChI is InChI=1S/C43H47FN4O5/c1-3-28-4-9-31(10-5-28)32-13-15-33(16-14-32)36-24-45-42(46-25-36)34-11-6-29(7-12-34)26-48(27-41(50)51)43(52)35-17-19-37(20-18-35)47-40(49)23-30-8-21-39(53-2)38(44)22-30/h6-8,11-12,15,17-22,24-25,28,31-32H,3-5,9-10,13-14,16,23,26-27H2,1-2H3,(H,47,49)(H,50,51)/t28-,31-,32?. The number of carbonyl (C=O) groups excluding carboxylic acids is 2. The zero-order chi connectivity index (χ0) is 37.3. The molecule has 1 atom stereocenters. The third kappa shape index (κ3) is 9.74. The predicted octanol–water partition coefficient (Wildman–Crippen LogP) is 8.60. The molecule has 0 aliphatic heterocycles. The van der Waals surface area contributed by atoms with E-state index in [1.54, 1.807) is 18.2 Å². The SMILES string of the molecule is CC[C@H]1CC[C@H](C2CC=C(c3cnc(-c4ccc(CN(CC(=O)O)C(=O)c5ccc(NC(=O)Cc6ccc(OC)c(F)c6)cc5)cc4)nc3)CC2)CC1. The lowest BCUT2D eigenvalue weighted by Gasteiger charge is -2.35. The Morgan fingerprint density at radius 3 is 2.19 bits per heavy atom. The Kier molecular flexibility index (Phi) is 12.3. The van der Waals surface area contributed by atoms with Gasteiger partial charge in [-0.15, -0.1) is 0 Å². The number of carboxylic acids is 1. The molecule has 2 aliphatic carbocycles. The molecule has 0 bridgehead atoms. The quantitative estimate of drug-likeness (QED) is 0.142. The third-order valence-corrected chi connectivity index (χ3v) is 10.8. The lowest BCUT2D eigenvalue weighted by molar-refractivity contribution is -0.137. The highest BCUT2D eigenvalue weighted by Gasteiger charge is 2.28. The third-order valence-electron chi connectivity index (χ3n) is 10.8. The molecule has 10 heteroatoms. The average molecular weight is 719 g/mol. The van der Waals surface area contributed by atoms with Crippen LogP contribution in [-0.4, -0.2) is 51.4 Å². The van der Waals surface area contributed by atoms with Gasteiger partial charge in [0.2, 0.25) is 5.91 Å². The van der Waals surface area contributed by atoms with Crippen LogP contribution in [0.2, 0.25) is 0 Å². The molecule has 1 fully saturated rings. The number of hydrogen-bond donors (Lipinski definition) is 2. The molecule has 9 nitrogen and oxygen atoms in total. The second kappa shape index (κ2) is 17.4. The van der Waals surface area contributed by atoms with Crippen molar-refractivity contribution in [1.82, 2.24) is 14.9 Å². The highest BCUT2D eigenvalue weighted by atomic mass is 19.1. The summed E-state index contributed by atoms with van der Waals surface area (Å²) < 4.78 is 18.9. The molecular weight excluding hydrogens is 671 g/mol. The fourth-order valence-electron chi connectivity index (χ4n) is 7.69. The van der Waals surface area contributed by atoms with Gasteiger partial charge in [-0.05, 0) is 103 Å². The number of aliphatic carboxylic acids is 1. The molecule has 0 saturated heterocycles. The summed E-state index contributed by atoms with van der Waals surface area (Å²) >= 11 is 0. The fourth-order valence-corrected chi connectivity index (χ4v) is 7.69. The Morgan fingerprint density at radius 2 is 1.58 bits per heavy atom. The number of methoxy groups -OCH3 is 1. The van der Waals surface area contributed by atoms with Crippen molar-refractivity contribution < 1.29 is 28.6 Å². The summed E-state index contributed by atoms with van der Waals surface area (Å²) in [5.74, 6) is 0.773. The van der Waals surface area contributed by atoms with Crippen LogP contribution in [0.25, 0.3) is 17.0 Å². The van der Waals surface area contributed by atoms with Crippen LogP contribution in [0.1, 0.15) is 85.3 Å². The van der Waals surface area contributed by atoms with Gasteiger partial charge in [0.25, 0.3) is 5.91 Å². The summed E-state index contributed by atoms with van der Waals surface area (Å²) in [6.07, 6.45) is 16.5. The van der Waals surface area contributed by atoms with Gasteiger partial charge in [-0.25, -0.2) is 14.4 Å². The molecule has 2 aliphatic rings. The summed E-state index contributed by atoms with van der Waals surface area (Å²) in [5.41, 5.74) is 5.18. The second-order valence-electron chi connectivity index (χ2n) is 14.3. The summed E-state index contributed by atoms with van der Waals surface area (Å²) in [4.78, 5) is 48.3. The van der Waals surface area contributed by atoms with Gasteiger partial charge in [0.15, 0.2) is 17.4 Å². The van der Waals surface area contributed by atoms with E-state index < -0.39 is 24.2 Å². The molecule has 2 N–H and O–H groups in total. The maximum atomic E-state index is 14.0. The van der Waals surface area contributed by atoms with Gasteiger partial charge < -0.3 is 20.1 Å². The Hall–Kier alpha value is -5.38. The van der Waals surface area contributed by atoms with Gasteiger partial charge in [-0.1, -0.05) is 62.6 Å². The lowest BCUT2D eigenvalue weighted by atomic mass is 9.71. The van der Waals surface area contributed by atoms with Crippen molar-refractivity contribution >= 4 is 29.0 Å². The number of benzene rings is 3. The van der Waals surface area contributed by atoms with Crippen molar-refractivity contribution in [3.8, 4) is 17.1 Å². The number of nitrogens with one attached hydrogen (secondary N) is 1. The molecule has 1 heterocycles. The summed E-state index contributed by atoms with van der Waals surface area (Å²) in [5, 5.41) is 12.3. The second-order valence-corrected chi connectivity index (χ2v) is 14.3. The number of allylic oxidation sites excluding steroid dienone is 2. The fraction of sp³-hybridized carbons (Fsp3) is 0.372. The van der Waals surface area contributed by atoms with Crippen molar-refractivity contribution in [3.63, 3.8) is 0 Å². The molecular formula is C43H47FN4O5. The number of amides is 2. The topological polar surface area (TPSA) is 122 Å². The molecule has 6 rings (SSSR count). The highest BCUT2D eigenvalue weighted by molar-refractivity contribution is 5.97. The minimum atomic E-state index is -1.13. The Bertz CT molecular complexity index is 1920. The average Bonchev–Trinajstić information content (AvgIpc) is 3.18. The zero-order valence-electron chi connectivity index (χ0n) is 30.4. The first-order chi connectivity index (χ1) is 25.7. The number of carboxylic acid groups (broad SMARTS) is 1. The van der Waals surface area contributed by atoms with Crippen molar-refractivity contribution in [2.75, 3.05) is 19.0 Å². The highest BCUT2D eigenvalue weighted by Crippen LogP contribution is 2.41. The summed E-state index contributed by atoms with van der Waals surface area (Å²) in [6.45, 7) is 1.91. The van der Waals surface area contributed by atoms with Crippen LogP contribution >= 0.6 is 0 Å². The summed E-state index contributed by atoms with van der Waals surface area (Å²) in [6, 6.07) is 18.0. The number of halogens is 1. The van der Waals surface area contributed by atoms with Crippen LogP contribution in [0.15, 0.2) is 85.2 Å². The lowest BCUT2D eigenvalue weighted by Crippen LogP contribution is -2.35. The normalized spacial score (nSPS) is 18.5. The van der Waals surface area contributed by atoms with Crippen LogP contribution in [0.3, 0.4) is 0 Å². The monoisotopic (exact) mass is 718 g/mol. The Morgan fingerprint density at radius 1 is 0.887 bits per heavy atom. The van der Waals surface area contributed by atoms with Crippen LogP contribution in [0.5, 0.6) is 5.75 Å². The van der Waals surface area contributed by atoms with Gasteiger partial charge in [-0.2, -0.15) is 0 Å². The van der Waals surface area contributed by atoms with E-state index in [2.05, 4.69) is 28.3 Å². The number of ether oxygens (including phenoxy) is 1. The Balaban J connectivity index is 1.03. The minimum absolute atomic E-state index is 0.0528. The molecule has 4 aromatic rings. The predicted molar refractivity (Wildman–Crippen MR) is 203 cm³/mol. The molecule has 0 spiro atoms. The largest absolute Gasteiger partial charge is 0.494 e. The first-order valence-corrected chi connectivity index (χ1v) is 18.5. The van der Waals surface area contributed by atoms with E-state index in [0.717, 1.165) is 47.3 Å². The molecule has 3 aromatic carbocycles. The van der Waals surface area contributed by atoms with E-state index in [9.17, 15) is 23.9 Å². The molecule has 1 unspecified atom stereocenters.